The molecule has 0 fully saturated rings. The molecule has 3 nitrogen and oxygen atoms in total. The van der Waals surface area contributed by atoms with Crippen LogP contribution in [-0.2, 0) is 6.42 Å². The Kier molecular flexibility index (Phi) is 4.55. The molecule has 1 rings (SSSR count). The molecule has 1 unspecified atom stereocenters. The maximum atomic E-state index is 5.85. The van der Waals surface area contributed by atoms with Crippen LogP contribution < -0.4 is 11.1 Å². The molecule has 1 atom stereocenters. The molecule has 0 radical (unpaired) electrons. The highest BCUT2D eigenvalue weighted by molar-refractivity contribution is 5.78. The molecular formula is C14H23N3. The highest BCUT2D eigenvalue weighted by Gasteiger charge is 2.10. The van der Waals surface area contributed by atoms with E-state index in [0.717, 1.165) is 6.42 Å². The second-order valence-electron chi connectivity index (χ2n) is 5.43. The van der Waals surface area contributed by atoms with Crippen molar-refractivity contribution in [2.75, 3.05) is 0 Å². The SMILES string of the molecule is CC(Cc1ccccc1)N=C(N)NC(C)(C)C. The van der Waals surface area contributed by atoms with Crippen LogP contribution in [0.3, 0.4) is 0 Å². The van der Waals surface area contributed by atoms with Gasteiger partial charge in [0, 0.05) is 5.54 Å². The Hall–Kier alpha value is -1.51. The summed E-state index contributed by atoms with van der Waals surface area (Å²) in [7, 11) is 0. The maximum absolute atomic E-state index is 5.85. The van der Waals surface area contributed by atoms with Gasteiger partial charge in [0.25, 0.3) is 0 Å². The highest BCUT2D eigenvalue weighted by Crippen LogP contribution is 2.05. The third-order valence-electron chi connectivity index (χ3n) is 2.24. The molecule has 3 heteroatoms. The van der Waals surface area contributed by atoms with E-state index >= 15 is 0 Å². The summed E-state index contributed by atoms with van der Waals surface area (Å²) < 4.78 is 0. The van der Waals surface area contributed by atoms with Gasteiger partial charge in [-0.15, -0.1) is 0 Å². The van der Waals surface area contributed by atoms with E-state index < -0.39 is 0 Å². The van der Waals surface area contributed by atoms with E-state index in [-0.39, 0.29) is 11.6 Å². The Morgan fingerprint density at radius 3 is 2.41 bits per heavy atom. The summed E-state index contributed by atoms with van der Waals surface area (Å²) in [4.78, 5) is 4.44. The van der Waals surface area contributed by atoms with Crippen LogP contribution in [0.5, 0.6) is 0 Å². The van der Waals surface area contributed by atoms with E-state index in [1.165, 1.54) is 5.56 Å². The summed E-state index contributed by atoms with van der Waals surface area (Å²) in [6.07, 6.45) is 0.910. The van der Waals surface area contributed by atoms with E-state index in [0.29, 0.717) is 5.96 Å². The third-order valence-corrected chi connectivity index (χ3v) is 2.24. The quantitative estimate of drug-likeness (QED) is 0.622. The second-order valence-corrected chi connectivity index (χ2v) is 5.43. The van der Waals surface area contributed by atoms with E-state index in [1.54, 1.807) is 0 Å². The topological polar surface area (TPSA) is 50.4 Å². The smallest absolute Gasteiger partial charge is 0.189 e. The van der Waals surface area contributed by atoms with Gasteiger partial charge in [0.1, 0.15) is 0 Å². The average molecular weight is 233 g/mol. The van der Waals surface area contributed by atoms with Gasteiger partial charge in [0.05, 0.1) is 6.04 Å². The predicted molar refractivity (Wildman–Crippen MR) is 74.1 cm³/mol. The van der Waals surface area contributed by atoms with Crippen LogP contribution in [0.25, 0.3) is 0 Å². The lowest BCUT2D eigenvalue weighted by Gasteiger charge is -2.21. The van der Waals surface area contributed by atoms with Gasteiger partial charge in [0.15, 0.2) is 5.96 Å². The molecular weight excluding hydrogens is 210 g/mol. The molecule has 17 heavy (non-hydrogen) atoms. The molecule has 0 spiro atoms. The summed E-state index contributed by atoms with van der Waals surface area (Å²) >= 11 is 0. The molecule has 0 aliphatic rings. The Morgan fingerprint density at radius 1 is 1.29 bits per heavy atom. The van der Waals surface area contributed by atoms with Crippen molar-refractivity contribution >= 4 is 5.96 Å². The van der Waals surface area contributed by atoms with Gasteiger partial charge in [-0.05, 0) is 39.7 Å². The van der Waals surface area contributed by atoms with E-state index in [4.69, 9.17) is 5.73 Å². The molecule has 0 bridgehead atoms. The fraction of sp³-hybridized carbons (Fsp3) is 0.500. The predicted octanol–water partition coefficient (Wildman–Crippen LogP) is 2.32. The second kappa shape index (κ2) is 5.71. The van der Waals surface area contributed by atoms with Crippen molar-refractivity contribution in [1.29, 1.82) is 0 Å². The van der Waals surface area contributed by atoms with Crippen molar-refractivity contribution in [2.24, 2.45) is 10.7 Å². The van der Waals surface area contributed by atoms with Crippen molar-refractivity contribution in [3.05, 3.63) is 35.9 Å². The summed E-state index contributed by atoms with van der Waals surface area (Å²) in [5.41, 5.74) is 7.10. The summed E-state index contributed by atoms with van der Waals surface area (Å²) in [6.45, 7) is 8.27. The third kappa shape index (κ3) is 5.95. The lowest BCUT2D eigenvalue weighted by atomic mass is 10.1. The fourth-order valence-electron chi connectivity index (χ4n) is 1.65. The lowest BCUT2D eigenvalue weighted by molar-refractivity contribution is 0.506. The largest absolute Gasteiger partial charge is 0.370 e. The normalized spacial score (nSPS) is 14.5. The van der Waals surface area contributed by atoms with Gasteiger partial charge in [-0.25, -0.2) is 0 Å². The minimum atomic E-state index is -0.0416. The lowest BCUT2D eigenvalue weighted by Crippen LogP contribution is -2.45. The number of nitrogens with two attached hydrogens (primary N) is 1. The van der Waals surface area contributed by atoms with Crippen LogP contribution in [0, 0.1) is 0 Å². The molecule has 1 aromatic rings. The van der Waals surface area contributed by atoms with Crippen molar-refractivity contribution in [2.45, 2.75) is 45.7 Å². The minimum absolute atomic E-state index is 0.0416. The number of nitrogens with one attached hydrogen (secondary N) is 1. The first-order chi connectivity index (χ1) is 7.87. The maximum Gasteiger partial charge on any atom is 0.189 e. The summed E-state index contributed by atoms with van der Waals surface area (Å²) in [6, 6.07) is 10.5. The standard InChI is InChI=1S/C14H23N3/c1-11(10-12-8-6-5-7-9-12)16-13(15)17-14(2,3)4/h5-9,11H,10H2,1-4H3,(H3,15,16,17). The highest BCUT2D eigenvalue weighted by atomic mass is 15.1. The monoisotopic (exact) mass is 233 g/mol. The Morgan fingerprint density at radius 2 is 1.88 bits per heavy atom. The van der Waals surface area contributed by atoms with E-state index in [9.17, 15) is 0 Å². The van der Waals surface area contributed by atoms with Gasteiger partial charge in [-0.1, -0.05) is 30.3 Å². The minimum Gasteiger partial charge on any atom is -0.370 e. The van der Waals surface area contributed by atoms with Gasteiger partial charge in [-0.3, -0.25) is 4.99 Å². The van der Waals surface area contributed by atoms with Crippen molar-refractivity contribution in [1.82, 2.24) is 5.32 Å². The first-order valence-electron chi connectivity index (χ1n) is 6.02. The van der Waals surface area contributed by atoms with E-state index in [1.807, 2.05) is 18.2 Å². The van der Waals surface area contributed by atoms with Gasteiger partial charge < -0.3 is 11.1 Å². The molecule has 0 saturated carbocycles. The average Bonchev–Trinajstić information content (AvgIpc) is 2.15. The zero-order valence-corrected chi connectivity index (χ0v) is 11.2. The summed E-state index contributed by atoms with van der Waals surface area (Å²) in [5.74, 6) is 0.515. The number of rotatable bonds is 3. The van der Waals surface area contributed by atoms with Crippen LogP contribution in [-0.4, -0.2) is 17.5 Å². The van der Waals surface area contributed by atoms with Crippen LogP contribution in [0.4, 0.5) is 0 Å². The van der Waals surface area contributed by atoms with Crippen LogP contribution >= 0.6 is 0 Å². The van der Waals surface area contributed by atoms with Crippen molar-refractivity contribution in [3.8, 4) is 0 Å². The van der Waals surface area contributed by atoms with Gasteiger partial charge >= 0.3 is 0 Å². The number of benzene rings is 1. The number of guanidine groups is 1. The van der Waals surface area contributed by atoms with E-state index in [2.05, 4.69) is 50.1 Å². The fourth-order valence-corrected chi connectivity index (χ4v) is 1.65. The molecule has 1 aromatic carbocycles. The molecule has 0 aliphatic carbocycles. The molecule has 94 valence electrons. The molecule has 0 heterocycles. The van der Waals surface area contributed by atoms with Crippen molar-refractivity contribution < 1.29 is 0 Å². The van der Waals surface area contributed by atoms with Crippen LogP contribution in [0.2, 0.25) is 0 Å². The number of hydrogen-bond acceptors (Lipinski definition) is 1. The number of aliphatic imine (C=N–C) groups is 1. The summed E-state index contributed by atoms with van der Waals surface area (Å²) in [5, 5.41) is 3.16. The zero-order chi connectivity index (χ0) is 12.9. The van der Waals surface area contributed by atoms with Crippen LogP contribution in [0.1, 0.15) is 33.3 Å². The molecule has 0 saturated heterocycles. The van der Waals surface area contributed by atoms with Crippen LogP contribution in [0.15, 0.2) is 35.3 Å². The van der Waals surface area contributed by atoms with Crippen molar-refractivity contribution in [3.63, 3.8) is 0 Å². The van der Waals surface area contributed by atoms with Gasteiger partial charge in [-0.2, -0.15) is 0 Å². The number of hydrogen-bond donors (Lipinski definition) is 2. The number of nitrogens with zero attached hydrogens (tertiary/aromatic N) is 1. The first kappa shape index (κ1) is 13.6. The first-order valence-corrected chi connectivity index (χ1v) is 6.02. The van der Waals surface area contributed by atoms with Gasteiger partial charge in [0.2, 0.25) is 0 Å². The molecule has 0 aromatic heterocycles. The molecule has 3 N–H and O–H groups in total. The Labute approximate surface area is 104 Å². The molecule has 0 amide bonds. The molecule has 0 aliphatic heterocycles. The Balaban J connectivity index is 2.54. The Bertz CT molecular complexity index is 363. The zero-order valence-electron chi connectivity index (χ0n) is 11.2.